The van der Waals surface area contributed by atoms with E-state index in [1.54, 1.807) is 0 Å². The molecule has 0 aromatic heterocycles. The Morgan fingerprint density at radius 2 is 2.18 bits per heavy atom. The molecule has 1 heterocycles. The zero-order chi connectivity index (χ0) is 11.7. The molecule has 1 fully saturated rings. The first-order chi connectivity index (χ1) is 8.33. The summed E-state index contributed by atoms with van der Waals surface area (Å²) in [7, 11) is 0. The van der Waals surface area contributed by atoms with Gasteiger partial charge in [0.1, 0.15) is 0 Å². The molecule has 0 radical (unpaired) electrons. The molecule has 1 aliphatic heterocycles. The van der Waals surface area contributed by atoms with Crippen molar-refractivity contribution in [2.45, 2.75) is 25.3 Å². The van der Waals surface area contributed by atoms with E-state index < -0.39 is 0 Å². The number of fused-ring (bicyclic) bond motifs is 1. The van der Waals surface area contributed by atoms with Crippen LogP contribution in [0.15, 0.2) is 24.3 Å². The second-order valence-corrected chi connectivity index (χ2v) is 5.09. The number of carbonyl (C=O) groups is 1. The van der Waals surface area contributed by atoms with E-state index in [0.29, 0.717) is 12.3 Å². The van der Waals surface area contributed by atoms with Gasteiger partial charge in [-0.15, -0.1) is 0 Å². The van der Waals surface area contributed by atoms with Gasteiger partial charge in [-0.2, -0.15) is 0 Å². The first-order valence-corrected chi connectivity index (χ1v) is 6.41. The fourth-order valence-electron chi connectivity index (χ4n) is 2.72. The maximum absolute atomic E-state index is 11.9. The Balaban J connectivity index is 1.60. The maximum atomic E-state index is 11.9. The van der Waals surface area contributed by atoms with Gasteiger partial charge in [-0.1, -0.05) is 24.3 Å². The molecule has 1 atom stereocenters. The number of hydrogen-bond acceptors (Lipinski definition) is 2. The Labute approximate surface area is 102 Å². The molecule has 0 saturated carbocycles. The SMILES string of the molecule is O=C(CC1CNC1)NC1CCc2ccccc21. The number of aryl methyl sites for hydroxylation is 1. The van der Waals surface area contributed by atoms with Crippen molar-refractivity contribution in [2.75, 3.05) is 13.1 Å². The first kappa shape index (κ1) is 10.8. The van der Waals surface area contributed by atoms with E-state index >= 15 is 0 Å². The third-order valence-electron chi connectivity index (χ3n) is 3.81. The number of nitrogens with one attached hydrogen (secondary N) is 2. The predicted octanol–water partition coefficient (Wildman–Crippen LogP) is 1.40. The molecule has 0 spiro atoms. The van der Waals surface area contributed by atoms with Crippen LogP contribution in [0.1, 0.15) is 30.0 Å². The molecule has 1 unspecified atom stereocenters. The number of benzene rings is 1. The van der Waals surface area contributed by atoms with Crippen LogP contribution in [0.25, 0.3) is 0 Å². The van der Waals surface area contributed by atoms with Crippen LogP contribution in [0.5, 0.6) is 0 Å². The zero-order valence-corrected chi connectivity index (χ0v) is 9.91. The largest absolute Gasteiger partial charge is 0.349 e. The van der Waals surface area contributed by atoms with E-state index in [1.807, 2.05) is 0 Å². The zero-order valence-electron chi connectivity index (χ0n) is 9.91. The standard InChI is InChI=1S/C14H18N2O/c17-14(7-10-8-15-9-10)16-13-6-5-11-3-1-2-4-12(11)13/h1-4,10,13,15H,5-9H2,(H,16,17). The summed E-state index contributed by atoms with van der Waals surface area (Å²) in [4.78, 5) is 11.9. The molecule has 1 aliphatic carbocycles. The van der Waals surface area contributed by atoms with Gasteiger partial charge < -0.3 is 10.6 Å². The van der Waals surface area contributed by atoms with E-state index in [-0.39, 0.29) is 11.9 Å². The molecule has 2 aliphatic rings. The highest BCUT2D eigenvalue weighted by atomic mass is 16.1. The molecule has 1 amide bonds. The van der Waals surface area contributed by atoms with E-state index in [0.717, 1.165) is 25.9 Å². The molecule has 3 nitrogen and oxygen atoms in total. The van der Waals surface area contributed by atoms with Gasteiger partial charge in [0.15, 0.2) is 0 Å². The third-order valence-corrected chi connectivity index (χ3v) is 3.81. The summed E-state index contributed by atoms with van der Waals surface area (Å²) >= 11 is 0. The minimum Gasteiger partial charge on any atom is -0.349 e. The van der Waals surface area contributed by atoms with Crippen LogP contribution in [0, 0.1) is 5.92 Å². The average Bonchev–Trinajstić information content (AvgIpc) is 2.68. The normalized spacial score (nSPS) is 22.9. The fraction of sp³-hybridized carbons (Fsp3) is 0.500. The molecule has 17 heavy (non-hydrogen) atoms. The minimum atomic E-state index is 0.207. The van der Waals surface area contributed by atoms with Crippen molar-refractivity contribution in [1.29, 1.82) is 0 Å². The van der Waals surface area contributed by atoms with Crippen molar-refractivity contribution in [2.24, 2.45) is 5.92 Å². The summed E-state index contributed by atoms with van der Waals surface area (Å²) in [5.74, 6) is 0.754. The monoisotopic (exact) mass is 230 g/mol. The van der Waals surface area contributed by atoms with E-state index in [2.05, 4.69) is 34.9 Å². The van der Waals surface area contributed by atoms with Crippen molar-refractivity contribution in [3.8, 4) is 0 Å². The summed E-state index contributed by atoms with van der Waals surface area (Å²) in [6.45, 7) is 1.99. The third kappa shape index (κ3) is 2.20. The highest BCUT2D eigenvalue weighted by Gasteiger charge is 2.25. The van der Waals surface area contributed by atoms with Gasteiger partial charge in [-0.25, -0.2) is 0 Å². The molecule has 3 rings (SSSR count). The molecule has 3 heteroatoms. The maximum Gasteiger partial charge on any atom is 0.220 e. The fourth-order valence-corrected chi connectivity index (χ4v) is 2.72. The van der Waals surface area contributed by atoms with Gasteiger partial charge in [0.2, 0.25) is 5.91 Å². The van der Waals surface area contributed by atoms with Crippen LogP contribution >= 0.6 is 0 Å². The molecular weight excluding hydrogens is 212 g/mol. The van der Waals surface area contributed by atoms with Crippen LogP contribution in [0.4, 0.5) is 0 Å². The number of rotatable bonds is 3. The summed E-state index contributed by atoms with van der Waals surface area (Å²) in [5.41, 5.74) is 2.70. The molecule has 90 valence electrons. The lowest BCUT2D eigenvalue weighted by Gasteiger charge is -2.27. The molecular formula is C14H18N2O. The van der Waals surface area contributed by atoms with Gasteiger partial charge in [-0.05, 0) is 43.0 Å². The Kier molecular flexibility index (Phi) is 2.85. The van der Waals surface area contributed by atoms with Crippen LogP contribution in [0.2, 0.25) is 0 Å². The van der Waals surface area contributed by atoms with Gasteiger partial charge in [0.05, 0.1) is 6.04 Å². The second kappa shape index (κ2) is 4.49. The highest BCUT2D eigenvalue weighted by molar-refractivity contribution is 5.77. The van der Waals surface area contributed by atoms with Crippen LogP contribution in [0.3, 0.4) is 0 Å². The summed E-state index contributed by atoms with van der Waals surface area (Å²) in [5, 5.41) is 6.36. The van der Waals surface area contributed by atoms with Crippen molar-refractivity contribution in [3.05, 3.63) is 35.4 Å². The lowest BCUT2D eigenvalue weighted by molar-refractivity contribution is -0.123. The van der Waals surface area contributed by atoms with Crippen LogP contribution < -0.4 is 10.6 Å². The molecule has 0 bridgehead atoms. The van der Waals surface area contributed by atoms with Gasteiger partial charge in [-0.3, -0.25) is 4.79 Å². The minimum absolute atomic E-state index is 0.207. The predicted molar refractivity (Wildman–Crippen MR) is 66.6 cm³/mol. The Morgan fingerprint density at radius 3 is 2.94 bits per heavy atom. The Bertz CT molecular complexity index is 426. The van der Waals surface area contributed by atoms with Crippen molar-refractivity contribution < 1.29 is 4.79 Å². The number of carbonyl (C=O) groups excluding carboxylic acids is 1. The smallest absolute Gasteiger partial charge is 0.220 e. The van der Waals surface area contributed by atoms with Gasteiger partial charge in [0.25, 0.3) is 0 Å². The Hall–Kier alpha value is -1.35. The Morgan fingerprint density at radius 1 is 1.35 bits per heavy atom. The van der Waals surface area contributed by atoms with Gasteiger partial charge in [0, 0.05) is 6.42 Å². The molecule has 1 aromatic carbocycles. The quantitative estimate of drug-likeness (QED) is 0.824. The molecule has 1 aromatic rings. The highest BCUT2D eigenvalue weighted by Crippen LogP contribution is 2.30. The van der Waals surface area contributed by atoms with Crippen molar-refractivity contribution >= 4 is 5.91 Å². The van der Waals surface area contributed by atoms with Crippen LogP contribution in [-0.2, 0) is 11.2 Å². The van der Waals surface area contributed by atoms with Crippen LogP contribution in [-0.4, -0.2) is 19.0 Å². The summed E-state index contributed by atoms with van der Waals surface area (Å²) < 4.78 is 0. The molecule has 1 saturated heterocycles. The van der Waals surface area contributed by atoms with Gasteiger partial charge >= 0.3 is 0 Å². The second-order valence-electron chi connectivity index (χ2n) is 5.09. The van der Waals surface area contributed by atoms with Crippen molar-refractivity contribution in [3.63, 3.8) is 0 Å². The lowest BCUT2D eigenvalue weighted by Crippen LogP contribution is -2.44. The van der Waals surface area contributed by atoms with E-state index in [1.165, 1.54) is 11.1 Å². The average molecular weight is 230 g/mol. The topological polar surface area (TPSA) is 41.1 Å². The summed E-state index contributed by atoms with van der Waals surface area (Å²) in [6, 6.07) is 8.67. The first-order valence-electron chi connectivity index (χ1n) is 6.41. The van der Waals surface area contributed by atoms with E-state index in [4.69, 9.17) is 0 Å². The number of hydrogen-bond donors (Lipinski definition) is 2. The molecule has 2 N–H and O–H groups in total. The summed E-state index contributed by atoms with van der Waals surface area (Å²) in [6.07, 6.45) is 2.81. The lowest BCUT2D eigenvalue weighted by atomic mass is 9.98. The van der Waals surface area contributed by atoms with E-state index in [9.17, 15) is 4.79 Å². The number of amides is 1. The van der Waals surface area contributed by atoms with Crippen molar-refractivity contribution in [1.82, 2.24) is 10.6 Å².